The van der Waals surface area contributed by atoms with Gasteiger partial charge >= 0.3 is 7.69 Å². The summed E-state index contributed by atoms with van der Waals surface area (Å²) in [5, 5.41) is 0. The largest absolute Gasteiger partial charge is 0.576 e. The maximum Gasteiger partial charge on any atom is 0.576 e. The van der Waals surface area contributed by atoms with E-state index in [0.29, 0.717) is 0 Å². The lowest BCUT2D eigenvalue weighted by atomic mass is 10.3. The topological polar surface area (TPSA) is 27.3 Å². The molecule has 4 rings (SSSR count). The zero-order valence-corrected chi connectivity index (χ0v) is 11.3. The Labute approximate surface area is 122 Å². The Balaban J connectivity index is 1.50. The molecule has 0 aromatic carbocycles. The highest BCUT2D eigenvalue weighted by Crippen LogP contribution is 2.22. The van der Waals surface area contributed by atoms with Crippen LogP contribution in [0.25, 0.3) is 11.0 Å². The third kappa shape index (κ3) is 2.12. The van der Waals surface area contributed by atoms with Crippen LogP contribution in [-0.4, -0.2) is 16.5 Å². The van der Waals surface area contributed by atoms with Gasteiger partial charge in [0.2, 0.25) is 0 Å². The first-order valence-corrected chi connectivity index (χ1v) is 6.79. The second-order valence-electron chi connectivity index (χ2n) is 4.75. The molecule has 0 atom stereocenters. The van der Waals surface area contributed by atoms with Crippen LogP contribution in [0, 0.1) is 0 Å². The van der Waals surface area contributed by atoms with E-state index in [-0.39, 0.29) is 7.69 Å². The molecular weight excluding hydrogens is 263 g/mol. The van der Waals surface area contributed by atoms with E-state index in [2.05, 4.69) is 0 Å². The van der Waals surface area contributed by atoms with Gasteiger partial charge in [0.15, 0.2) is 0 Å². The van der Waals surface area contributed by atoms with Crippen LogP contribution in [0.5, 0.6) is 11.5 Å². The SMILES string of the molecule is B(Oc1ccn2ccccc12)Oc1ccn2ccccc12. The van der Waals surface area contributed by atoms with E-state index in [9.17, 15) is 0 Å². The first kappa shape index (κ1) is 12.0. The molecule has 0 bridgehead atoms. The molecule has 0 saturated carbocycles. The summed E-state index contributed by atoms with van der Waals surface area (Å²) < 4.78 is 15.5. The Morgan fingerprint density at radius 3 is 1.67 bits per heavy atom. The van der Waals surface area contributed by atoms with Crippen molar-refractivity contribution in [2.24, 2.45) is 0 Å². The standard InChI is InChI=1S/C16H13BN2O2/c1-3-9-18-11-7-15(13(18)5-1)20-17-21-16-8-12-19-10-4-2-6-14(16)19/h1-12,17H. The minimum Gasteiger partial charge on any atom is -0.527 e. The van der Waals surface area contributed by atoms with Crippen LogP contribution >= 0.6 is 0 Å². The van der Waals surface area contributed by atoms with E-state index in [1.165, 1.54) is 0 Å². The van der Waals surface area contributed by atoms with Crippen LogP contribution < -0.4 is 9.31 Å². The normalized spacial score (nSPS) is 10.9. The minimum atomic E-state index is 0.184. The number of rotatable bonds is 4. The highest BCUT2D eigenvalue weighted by Gasteiger charge is 2.07. The van der Waals surface area contributed by atoms with Gasteiger partial charge < -0.3 is 18.1 Å². The molecule has 0 aliphatic heterocycles. The van der Waals surface area contributed by atoms with E-state index < -0.39 is 0 Å². The number of hydrogen-bond acceptors (Lipinski definition) is 2. The molecule has 4 heterocycles. The van der Waals surface area contributed by atoms with E-state index in [4.69, 9.17) is 9.31 Å². The van der Waals surface area contributed by atoms with E-state index in [1.54, 1.807) is 0 Å². The molecule has 102 valence electrons. The molecule has 21 heavy (non-hydrogen) atoms. The van der Waals surface area contributed by atoms with Gasteiger partial charge in [-0.15, -0.1) is 0 Å². The maximum absolute atomic E-state index is 5.73. The summed E-state index contributed by atoms with van der Waals surface area (Å²) >= 11 is 0. The first-order chi connectivity index (χ1) is 10.4. The molecule has 0 amide bonds. The maximum atomic E-state index is 5.73. The molecule has 0 fully saturated rings. The van der Waals surface area contributed by atoms with Crippen LogP contribution in [-0.2, 0) is 0 Å². The Hall–Kier alpha value is -2.82. The Morgan fingerprint density at radius 1 is 0.619 bits per heavy atom. The summed E-state index contributed by atoms with van der Waals surface area (Å²) in [6.45, 7) is 0. The minimum absolute atomic E-state index is 0.184. The van der Waals surface area contributed by atoms with Crippen molar-refractivity contribution in [3.8, 4) is 11.5 Å². The molecule has 0 radical (unpaired) electrons. The second kappa shape index (κ2) is 4.94. The van der Waals surface area contributed by atoms with Gasteiger partial charge in [-0.2, -0.15) is 0 Å². The lowest BCUT2D eigenvalue weighted by Crippen LogP contribution is -2.10. The Morgan fingerprint density at radius 2 is 1.14 bits per heavy atom. The third-order valence-electron chi connectivity index (χ3n) is 3.49. The monoisotopic (exact) mass is 276 g/mol. The number of hydrogen-bond donors (Lipinski definition) is 0. The van der Waals surface area contributed by atoms with E-state index >= 15 is 0 Å². The summed E-state index contributed by atoms with van der Waals surface area (Å²) in [6.07, 6.45) is 7.92. The van der Waals surface area contributed by atoms with Gasteiger partial charge in [-0.3, -0.25) is 0 Å². The summed E-state index contributed by atoms with van der Waals surface area (Å²) in [6, 6.07) is 15.9. The molecule has 4 aromatic heterocycles. The zero-order chi connectivity index (χ0) is 14.1. The number of aromatic nitrogens is 2. The van der Waals surface area contributed by atoms with Crippen molar-refractivity contribution in [1.82, 2.24) is 8.80 Å². The summed E-state index contributed by atoms with van der Waals surface area (Å²) in [5.74, 6) is 1.64. The predicted molar refractivity (Wildman–Crippen MR) is 83.2 cm³/mol. The highest BCUT2D eigenvalue weighted by molar-refractivity contribution is 6.21. The Bertz CT molecular complexity index is 823. The molecule has 4 aromatic rings. The van der Waals surface area contributed by atoms with Gasteiger partial charge in [0, 0.05) is 24.8 Å². The van der Waals surface area contributed by atoms with Crippen molar-refractivity contribution in [3.63, 3.8) is 0 Å². The summed E-state index contributed by atoms with van der Waals surface area (Å²) in [7, 11) is 0.184. The smallest absolute Gasteiger partial charge is 0.527 e. The molecule has 0 spiro atoms. The molecule has 0 N–H and O–H groups in total. The quantitative estimate of drug-likeness (QED) is 0.536. The van der Waals surface area contributed by atoms with Crippen molar-refractivity contribution in [1.29, 1.82) is 0 Å². The van der Waals surface area contributed by atoms with E-state index in [1.807, 2.05) is 82.1 Å². The van der Waals surface area contributed by atoms with Crippen molar-refractivity contribution >= 4 is 18.7 Å². The van der Waals surface area contributed by atoms with Crippen molar-refractivity contribution in [2.75, 3.05) is 0 Å². The van der Waals surface area contributed by atoms with Gasteiger partial charge in [0.1, 0.15) is 11.5 Å². The van der Waals surface area contributed by atoms with Crippen molar-refractivity contribution in [3.05, 3.63) is 73.3 Å². The molecule has 0 saturated heterocycles. The number of pyridine rings is 2. The van der Waals surface area contributed by atoms with Crippen molar-refractivity contribution < 1.29 is 9.31 Å². The van der Waals surface area contributed by atoms with Crippen LogP contribution in [0.4, 0.5) is 0 Å². The fraction of sp³-hybridized carbons (Fsp3) is 0. The van der Waals surface area contributed by atoms with Gasteiger partial charge in [-0.1, -0.05) is 12.1 Å². The number of fused-ring (bicyclic) bond motifs is 2. The highest BCUT2D eigenvalue weighted by atomic mass is 16.6. The van der Waals surface area contributed by atoms with Gasteiger partial charge in [0.05, 0.1) is 11.0 Å². The fourth-order valence-corrected chi connectivity index (χ4v) is 2.46. The van der Waals surface area contributed by atoms with E-state index in [0.717, 1.165) is 22.5 Å². The predicted octanol–water partition coefficient (Wildman–Crippen LogP) is 2.92. The van der Waals surface area contributed by atoms with Gasteiger partial charge in [0.25, 0.3) is 0 Å². The van der Waals surface area contributed by atoms with Gasteiger partial charge in [-0.05, 0) is 36.4 Å². The number of nitrogens with zero attached hydrogens (tertiary/aromatic N) is 2. The molecule has 0 unspecified atom stereocenters. The molecule has 0 aliphatic carbocycles. The molecule has 4 nitrogen and oxygen atoms in total. The van der Waals surface area contributed by atoms with Crippen LogP contribution in [0.1, 0.15) is 0 Å². The van der Waals surface area contributed by atoms with Crippen LogP contribution in [0.3, 0.4) is 0 Å². The fourth-order valence-electron chi connectivity index (χ4n) is 2.46. The zero-order valence-electron chi connectivity index (χ0n) is 11.3. The average molecular weight is 276 g/mol. The lowest BCUT2D eigenvalue weighted by molar-refractivity contribution is 0.465. The van der Waals surface area contributed by atoms with Crippen molar-refractivity contribution in [2.45, 2.75) is 0 Å². The molecule has 5 heteroatoms. The second-order valence-corrected chi connectivity index (χ2v) is 4.75. The van der Waals surface area contributed by atoms with Gasteiger partial charge in [-0.25, -0.2) is 0 Å². The summed E-state index contributed by atoms with van der Waals surface area (Å²) in [5.41, 5.74) is 2.06. The average Bonchev–Trinajstić information content (AvgIpc) is 3.13. The Kier molecular flexibility index (Phi) is 2.82. The lowest BCUT2D eigenvalue weighted by Gasteiger charge is -2.06. The van der Waals surface area contributed by atoms with Crippen LogP contribution in [0.15, 0.2) is 73.3 Å². The molecular formula is C16H13BN2O2. The summed E-state index contributed by atoms with van der Waals surface area (Å²) in [4.78, 5) is 0. The van der Waals surface area contributed by atoms with Crippen LogP contribution in [0.2, 0.25) is 0 Å². The third-order valence-corrected chi connectivity index (χ3v) is 3.49. The first-order valence-electron chi connectivity index (χ1n) is 6.79. The molecule has 0 aliphatic rings.